The van der Waals surface area contributed by atoms with Crippen molar-refractivity contribution in [1.29, 1.82) is 0 Å². The Hall–Kier alpha value is -0.650. The topological polar surface area (TPSA) is 73.6 Å². The molecular formula is C12H24N2O3. The Morgan fingerprint density at radius 3 is 2.76 bits per heavy atom. The number of carbonyl (C=O) groups is 1. The Kier molecular flexibility index (Phi) is 5.36. The zero-order valence-corrected chi connectivity index (χ0v) is 11.0. The molecule has 2 unspecified atom stereocenters. The van der Waals surface area contributed by atoms with Crippen molar-refractivity contribution in [2.45, 2.75) is 51.4 Å². The van der Waals surface area contributed by atoms with Crippen LogP contribution in [0.2, 0.25) is 0 Å². The first-order chi connectivity index (χ1) is 7.98. The van der Waals surface area contributed by atoms with Crippen molar-refractivity contribution in [2.24, 2.45) is 5.73 Å². The van der Waals surface area contributed by atoms with Crippen LogP contribution in [-0.2, 0) is 14.3 Å². The van der Waals surface area contributed by atoms with Gasteiger partial charge in [-0.15, -0.1) is 0 Å². The average Bonchev–Trinajstić information content (AvgIpc) is 2.74. The number of hydrogen-bond donors (Lipinski definition) is 2. The highest BCUT2D eigenvalue weighted by Gasteiger charge is 2.30. The summed E-state index contributed by atoms with van der Waals surface area (Å²) in [7, 11) is 0. The van der Waals surface area contributed by atoms with Gasteiger partial charge in [-0.2, -0.15) is 0 Å². The van der Waals surface area contributed by atoms with E-state index in [4.69, 9.17) is 15.2 Å². The smallest absolute Gasteiger partial charge is 0.249 e. The summed E-state index contributed by atoms with van der Waals surface area (Å²) in [6.07, 6.45) is 1.30. The van der Waals surface area contributed by atoms with Crippen LogP contribution in [0.1, 0.15) is 33.6 Å². The normalized spacial score (nSPS) is 24.9. The van der Waals surface area contributed by atoms with Crippen LogP contribution in [0, 0.1) is 0 Å². The first-order valence-electron chi connectivity index (χ1n) is 6.25. The monoisotopic (exact) mass is 244 g/mol. The minimum absolute atomic E-state index is 0.0330. The zero-order chi connectivity index (χ0) is 12.9. The van der Waals surface area contributed by atoms with E-state index in [0.717, 1.165) is 12.8 Å². The molecule has 1 amide bonds. The molecule has 17 heavy (non-hydrogen) atoms. The number of carbonyl (C=O) groups excluding carboxylic acids is 1. The van der Waals surface area contributed by atoms with Gasteiger partial charge in [-0.05, 0) is 33.6 Å². The number of nitrogens with one attached hydrogen (secondary N) is 1. The first-order valence-corrected chi connectivity index (χ1v) is 6.25. The van der Waals surface area contributed by atoms with E-state index < -0.39 is 0 Å². The number of ether oxygens (including phenoxy) is 2. The van der Waals surface area contributed by atoms with Gasteiger partial charge < -0.3 is 20.5 Å². The van der Waals surface area contributed by atoms with Gasteiger partial charge >= 0.3 is 0 Å². The van der Waals surface area contributed by atoms with Crippen LogP contribution in [0.15, 0.2) is 0 Å². The molecule has 0 bridgehead atoms. The molecule has 1 aliphatic heterocycles. The summed E-state index contributed by atoms with van der Waals surface area (Å²) in [5.41, 5.74) is 5.17. The molecular weight excluding hydrogens is 220 g/mol. The standard InChI is InChI=1S/C12H24N2O3/c1-4-16-12(2,3)8-14-11(15)10-6-5-9(7-13)17-10/h9-10H,4-8,13H2,1-3H3,(H,14,15). The highest BCUT2D eigenvalue weighted by Crippen LogP contribution is 2.19. The lowest BCUT2D eigenvalue weighted by Gasteiger charge is -2.25. The summed E-state index contributed by atoms with van der Waals surface area (Å²) in [6.45, 7) is 7.46. The minimum Gasteiger partial charge on any atom is -0.374 e. The second kappa shape index (κ2) is 6.33. The van der Waals surface area contributed by atoms with E-state index in [1.165, 1.54) is 0 Å². The Morgan fingerprint density at radius 1 is 1.53 bits per heavy atom. The Bertz CT molecular complexity index is 256. The van der Waals surface area contributed by atoms with Crippen molar-refractivity contribution in [3.05, 3.63) is 0 Å². The van der Waals surface area contributed by atoms with Gasteiger partial charge in [-0.25, -0.2) is 0 Å². The van der Waals surface area contributed by atoms with Crippen molar-refractivity contribution < 1.29 is 14.3 Å². The number of rotatable bonds is 6. The SMILES string of the molecule is CCOC(C)(C)CNC(=O)C1CCC(CN)O1. The quantitative estimate of drug-likeness (QED) is 0.710. The molecule has 1 aliphatic rings. The Labute approximate surface area is 103 Å². The van der Waals surface area contributed by atoms with E-state index in [-0.39, 0.29) is 23.7 Å². The van der Waals surface area contributed by atoms with E-state index in [2.05, 4.69) is 5.32 Å². The molecule has 2 atom stereocenters. The number of nitrogens with two attached hydrogens (primary N) is 1. The van der Waals surface area contributed by atoms with E-state index in [9.17, 15) is 4.79 Å². The highest BCUT2D eigenvalue weighted by atomic mass is 16.5. The summed E-state index contributed by atoms with van der Waals surface area (Å²) in [6, 6.07) is 0. The molecule has 0 aromatic carbocycles. The van der Waals surface area contributed by atoms with Gasteiger partial charge in [0.05, 0.1) is 11.7 Å². The lowest BCUT2D eigenvalue weighted by molar-refractivity contribution is -0.133. The molecule has 0 aromatic rings. The molecule has 100 valence electrons. The van der Waals surface area contributed by atoms with Crippen LogP contribution in [-0.4, -0.2) is 43.4 Å². The molecule has 0 saturated carbocycles. The maximum absolute atomic E-state index is 11.8. The van der Waals surface area contributed by atoms with Crippen LogP contribution in [0.4, 0.5) is 0 Å². The molecule has 1 fully saturated rings. The van der Waals surface area contributed by atoms with Gasteiger partial charge in [0.25, 0.3) is 0 Å². The third-order valence-electron chi connectivity index (χ3n) is 2.89. The van der Waals surface area contributed by atoms with Crippen molar-refractivity contribution >= 4 is 5.91 Å². The van der Waals surface area contributed by atoms with Gasteiger partial charge in [-0.3, -0.25) is 4.79 Å². The Morgan fingerprint density at radius 2 is 2.24 bits per heavy atom. The van der Waals surface area contributed by atoms with Crippen molar-refractivity contribution in [1.82, 2.24) is 5.32 Å². The summed E-state index contributed by atoms with van der Waals surface area (Å²) in [5, 5.41) is 2.86. The van der Waals surface area contributed by atoms with Gasteiger partial charge in [0, 0.05) is 19.7 Å². The Balaban J connectivity index is 2.30. The molecule has 0 spiro atoms. The maximum atomic E-state index is 11.8. The molecule has 1 heterocycles. The van der Waals surface area contributed by atoms with Crippen molar-refractivity contribution in [3.63, 3.8) is 0 Å². The first kappa shape index (κ1) is 14.4. The van der Waals surface area contributed by atoms with Crippen LogP contribution < -0.4 is 11.1 Å². The molecule has 1 rings (SSSR count). The molecule has 0 radical (unpaired) electrons. The summed E-state index contributed by atoms with van der Waals surface area (Å²) >= 11 is 0. The fourth-order valence-corrected chi connectivity index (χ4v) is 1.93. The summed E-state index contributed by atoms with van der Waals surface area (Å²) in [5.74, 6) is -0.0614. The van der Waals surface area contributed by atoms with Gasteiger partial charge in [0.2, 0.25) is 5.91 Å². The van der Waals surface area contributed by atoms with Crippen molar-refractivity contribution in [2.75, 3.05) is 19.7 Å². The fraction of sp³-hybridized carbons (Fsp3) is 0.917. The predicted octanol–water partition coefficient (Wildman–Crippen LogP) is 0.424. The lowest BCUT2D eigenvalue weighted by Crippen LogP contribution is -2.44. The molecule has 5 nitrogen and oxygen atoms in total. The second-order valence-corrected chi connectivity index (χ2v) is 4.97. The second-order valence-electron chi connectivity index (χ2n) is 4.97. The van der Waals surface area contributed by atoms with E-state index in [1.54, 1.807) is 0 Å². The van der Waals surface area contributed by atoms with E-state index in [0.29, 0.717) is 19.7 Å². The van der Waals surface area contributed by atoms with E-state index >= 15 is 0 Å². The van der Waals surface area contributed by atoms with Crippen LogP contribution in [0.3, 0.4) is 0 Å². The van der Waals surface area contributed by atoms with Crippen LogP contribution in [0.5, 0.6) is 0 Å². The largest absolute Gasteiger partial charge is 0.374 e. The molecule has 1 saturated heterocycles. The predicted molar refractivity (Wildman–Crippen MR) is 65.7 cm³/mol. The number of hydrogen-bond acceptors (Lipinski definition) is 4. The molecule has 0 aliphatic carbocycles. The summed E-state index contributed by atoms with van der Waals surface area (Å²) < 4.78 is 11.0. The molecule has 0 aromatic heterocycles. The van der Waals surface area contributed by atoms with Gasteiger partial charge in [0.15, 0.2) is 0 Å². The third kappa shape index (κ3) is 4.61. The minimum atomic E-state index is -0.346. The zero-order valence-electron chi connectivity index (χ0n) is 11.0. The molecule has 5 heteroatoms. The van der Waals surface area contributed by atoms with Gasteiger partial charge in [-0.1, -0.05) is 0 Å². The number of amides is 1. The lowest BCUT2D eigenvalue weighted by atomic mass is 10.1. The third-order valence-corrected chi connectivity index (χ3v) is 2.89. The summed E-state index contributed by atoms with van der Waals surface area (Å²) in [4.78, 5) is 11.8. The average molecular weight is 244 g/mol. The highest BCUT2D eigenvalue weighted by molar-refractivity contribution is 5.81. The molecule has 3 N–H and O–H groups in total. The maximum Gasteiger partial charge on any atom is 0.249 e. The van der Waals surface area contributed by atoms with Crippen LogP contribution >= 0.6 is 0 Å². The van der Waals surface area contributed by atoms with Gasteiger partial charge in [0.1, 0.15) is 6.10 Å². The van der Waals surface area contributed by atoms with Crippen molar-refractivity contribution in [3.8, 4) is 0 Å². The fourth-order valence-electron chi connectivity index (χ4n) is 1.93. The van der Waals surface area contributed by atoms with Crippen LogP contribution in [0.25, 0.3) is 0 Å². The van der Waals surface area contributed by atoms with E-state index in [1.807, 2.05) is 20.8 Å².